The zero-order valence-corrected chi connectivity index (χ0v) is 76.7. The molecule has 133 heavy (non-hydrogen) atoms. The minimum absolute atomic E-state index is 0.0315. The Morgan fingerprint density at radius 2 is 0.782 bits per heavy atom. The molecule has 0 aliphatic rings. The van der Waals surface area contributed by atoms with Crippen LogP contribution in [0.2, 0.25) is 5.15 Å². The summed E-state index contributed by atoms with van der Waals surface area (Å²) >= 11 is 5.58. The molecule has 0 bridgehead atoms. The maximum atomic E-state index is 14.5. The molecule has 0 spiro atoms. The Morgan fingerprint density at radius 1 is 0.451 bits per heavy atom. The maximum absolute atomic E-state index is 14.5. The third-order valence-corrected chi connectivity index (χ3v) is 20.6. The summed E-state index contributed by atoms with van der Waals surface area (Å²) in [5, 5.41) is 26.0. The number of aryl methyl sites for hydroxylation is 2. The molecular weight excluding hydrogens is 1720 g/mol. The van der Waals surface area contributed by atoms with Gasteiger partial charge >= 0.3 is 24.0 Å². The van der Waals surface area contributed by atoms with Gasteiger partial charge in [0.15, 0.2) is 5.15 Å². The lowest BCUT2D eigenvalue weighted by Gasteiger charge is -2.25. The number of nitrogens with zero attached hydrogens (tertiary/aromatic N) is 21. The van der Waals surface area contributed by atoms with Crippen molar-refractivity contribution < 1.29 is 38.1 Å². The van der Waals surface area contributed by atoms with Gasteiger partial charge in [-0.2, -0.15) is 20.5 Å². The van der Waals surface area contributed by atoms with Gasteiger partial charge in [-0.3, -0.25) is 28.1 Å². The third kappa shape index (κ3) is 23.7. The molecule has 0 aliphatic carbocycles. The lowest BCUT2D eigenvalue weighted by atomic mass is 10.1. The van der Waals surface area contributed by atoms with Crippen molar-refractivity contribution >= 4 is 104 Å². The minimum atomic E-state index is -0.679. The fourth-order valence-corrected chi connectivity index (χ4v) is 14.3. The van der Waals surface area contributed by atoms with Crippen molar-refractivity contribution in [3.63, 3.8) is 0 Å². The van der Waals surface area contributed by atoms with Crippen LogP contribution in [0.1, 0.15) is 187 Å². The van der Waals surface area contributed by atoms with E-state index in [9.17, 15) is 38.8 Å². The number of esters is 3. The number of hydrogen-bond acceptors (Lipinski definition) is 33. The molecule has 37 nitrogen and oxygen atoms in total. The first kappa shape index (κ1) is 97.5. The Balaban J connectivity index is 0.000000182. The van der Waals surface area contributed by atoms with Crippen LogP contribution in [0, 0.1) is 36.5 Å². The van der Waals surface area contributed by atoms with Gasteiger partial charge < -0.3 is 61.5 Å². The number of carbonyl (C=O) groups is 4. The highest BCUT2D eigenvalue weighted by Gasteiger charge is 2.30. The second-order valence-corrected chi connectivity index (χ2v) is 31.3. The largest absolute Gasteiger partial charge is 0.462 e. The van der Waals surface area contributed by atoms with Crippen LogP contribution in [0.3, 0.4) is 0 Å². The molecule has 0 aliphatic heterocycles. The molecule has 0 saturated heterocycles. The van der Waals surface area contributed by atoms with E-state index < -0.39 is 41.7 Å². The third-order valence-electron chi connectivity index (χ3n) is 20.4. The Bertz CT molecular complexity index is 6780. The molecule has 684 valence electrons. The van der Waals surface area contributed by atoms with Gasteiger partial charge in [0.2, 0.25) is 29.7 Å². The van der Waals surface area contributed by atoms with Crippen LogP contribution >= 0.6 is 11.6 Å². The summed E-state index contributed by atoms with van der Waals surface area (Å²) in [4.78, 5) is 153. The van der Waals surface area contributed by atoms with Crippen molar-refractivity contribution in [3.8, 4) is 29.2 Å². The normalized spacial score (nSPS) is 11.6. The van der Waals surface area contributed by atoms with E-state index >= 15 is 0 Å². The van der Waals surface area contributed by atoms with Gasteiger partial charge in [-0.25, -0.2) is 74.0 Å². The number of para-hydroxylation sites is 3. The molecule has 0 radical (unpaired) electrons. The van der Waals surface area contributed by atoms with Crippen molar-refractivity contribution in [1.29, 1.82) is 10.5 Å². The van der Waals surface area contributed by atoms with E-state index in [0.29, 0.717) is 141 Å². The number of anilines is 6. The average molecular weight is 1820 g/mol. The number of halogens is 1. The van der Waals surface area contributed by atoms with E-state index in [1.165, 1.54) is 37.2 Å². The summed E-state index contributed by atoms with van der Waals surface area (Å²) in [7, 11) is 5.42. The van der Waals surface area contributed by atoms with E-state index in [1.54, 1.807) is 105 Å². The zero-order chi connectivity index (χ0) is 95.9. The summed E-state index contributed by atoms with van der Waals surface area (Å²) in [5.41, 5.74) is 24.2. The number of carbonyl (C=O) groups excluding carboxylic acids is 4. The van der Waals surface area contributed by atoms with Crippen LogP contribution < -0.4 is 59.2 Å². The topological polar surface area (TPSA) is 498 Å². The van der Waals surface area contributed by atoms with Gasteiger partial charge in [-0.05, 0) is 146 Å². The van der Waals surface area contributed by atoms with Crippen molar-refractivity contribution in [3.05, 3.63) is 292 Å². The Kier molecular flexibility index (Phi) is 32.8. The number of nitriles is 2. The van der Waals surface area contributed by atoms with Gasteiger partial charge in [0.1, 0.15) is 52.2 Å². The van der Waals surface area contributed by atoms with Crippen LogP contribution in [-0.2, 0) is 38.6 Å². The Morgan fingerprint density at radius 3 is 1.11 bits per heavy atom. The lowest BCUT2D eigenvalue weighted by Crippen LogP contribution is -2.38. The molecule has 8 aromatic heterocycles. The van der Waals surface area contributed by atoms with Gasteiger partial charge in [-0.1, -0.05) is 123 Å². The molecule has 0 saturated carbocycles. The lowest BCUT2D eigenvalue weighted by molar-refractivity contribution is 0.0492. The minimum Gasteiger partial charge on any atom is -0.462 e. The Labute approximate surface area is 770 Å². The smallest absolute Gasteiger partial charge is 0.408 e. The van der Waals surface area contributed by atoms with Crippen LogP contribution in [-0.4, -0.2) is 149 Å². The van der Waals surface area contributed by atoms with Gasteiger partial charge in [0.25, 0.3) is 16.7 Å². The number of aromatic nitrogens is 16. The predicted molar refractivity (Wildman–Crippen MR) is 505 cm³/mol. The summed E-state index contributed by atoms with van der Waals surface area (Å²) in [6.45, 7) is 21.5. The molecule has 8 N–H and O–H groups in total. The van der Waals surface area contributed by atoms with E-state index in [2.05, 4.69) is 66.5 Å². The zero-order valence-electron chi connectivity index (χ0n) is 75.9. The number of alkyl carbamates (subject to hydrolysis) is 1. The van der Waals surface area contributed by atoms with Gasteiger partial charge in [0.05, 0.1) is 116 Å². The molecule has 14 rings (SSSR count). The molecule has 8 heterocycles. The molecule has 38 heteroatoms. The van der Waals surface area contributed by atoms with Gasteiger partial charge in [-0.15, -0.1) is 0 Å². The number of hydrogen-bond donors (Lipinski definition) is 5. The van der Waals surface area contributed by atoms with Gasteiger partial charge in [0, 0.05) is 78.0 Å². The first-order valence-electron chi connectivity index (χ1n) is 42.5. The molecule has 1 amide bonds. The van der Waals surface area contributed by atoms with Crippen LogP contribution in [0.4, 0.5) is 40.4 Å². The van der Waals surface area contributed by atoms with Crippen LogP contribution in [0.15, 0.2) is 197 Å². The average Bonchev–Trinajstić information content (AvgIpc) is 0.758. The second-order valence-electron chi connectivity index (χ2n) is 31.0. The van der Waals surface area contributed by atoms with E-state index in [1.807, 2.05) is 172 Å². The fraction of sp³-hybridized carbons (Fsp3) is 0.284. The molecule has 3 atom stereocenters. The highest BCUT2D eigenvalue weighted by Crippen LogP contribution is 2.31. The summed E-state index contributed by atoms with van der Waals surface area (Å²) in [5.74, 6) is 1.47. The first-order chi connectivity index (χ1) is 63.9. The van der Waals surface area contributed by atoms with Crippen molar-refractivity contribution in [2.75, 3.05) is 72.4 Å². The number of fused-ring (bicyclic) bond motifs is 3. The quantitative estimate of drug-likeness (QED) is 0.0181. The first-order valence-corrected chi connectivity index (χ1v) is 42.9. The number of nitrogens with one attached hydrogen (secondary N) is 2. The molecule has 14 aromatic rings. The fourth-order valence-electron chi connectivity index (χ4n) is 14.0. The maximum Gasteiger partial charge on any atom is 0.408 e. The number of nitrogen functional groups attached to an aromatic ring is 2. The molecule has 6 aromatic carbocycles. The van der Waals surface area contributed by atoms with E-state index in [0.717, 1.165) is 11.1 Å². The van der Waals surface area contributed by atoms with E-state index in [-0.39, 0.29) is 93.2 Å². The number of benzene rings is 6. The summed E-state index contributed by atoms with van der Waals surface area (Å²) < 4.78 is 25.2. The molecule has 0 unspecified atom stereocenters. The summed E-state index contributed by atoms with van der Waals surface area (Å²) in [6.07, 6.45) is 9.57. The van der Waals surface area contributed by atoms with Crippen LogP contribution in [0.25, 0.3) is 49.8 Å². The molecular formula is C95H101ClN26O11. The molecule has 0 fully saturated rings. The highest BCUT2D eigenvalue weighted by molar-refractivity contribution is 6.30. The second kappa shape index (κ2) is 44.7. The SMILES string of the molecule is CCOC(=O)c1cnc(N(C)Cc2cccc3nc([C@@H](N)CC)n(-c4ccccc4)c(=O)c23)nc1.CCOC(=O)c1cnc(N(C)Cc2cccc3nc([C@H](CC)NC(=O)OC(C)(C)C)n(-c4ccccc4)c(=O)c23)nc1.CCOC(=O)c1cnc(N(C)Cc2cccc3nc([C@H](CC)Nc4nc(N)nc(C)c4C#N)n(-c4ccccc4)c(=O)c23)nc1.Cc1nc(N)nc(Cl)c1C#N. The summed E-state index contributed by atoms with van der Waals surface area (Å²) in [6, 6.07) is 47.0. The van der Waals surface area contributed by atoms with Crippen molar-refractivity contribution in [2.24, 2.45) is 5.73 Å². The predicted octanol–water partition coefficient (Wildman–Crippen LogP) is 13.4. The van der Waals surface area contributed by atoms with Crippen molar-refractivity contribution in [2.45, 2.75) is 139 Å². The number of amides is 1. The Hall–Kier alpha value is -16.2. The highest BCUT2D eigenvalue weighted by atomic mass is 35.5. The number of nitrogens with two attached hydrogens (primary N) is 3. The number of rotatable bonds is 27. The monoisotopic (exact) mass is 1820 g/mol. The van der Waals surface area contributed by atoms with Crippen molar-refractivity contribution in [1.82, 2.24) is 83.8 Å². The van der Waals surface area contributed by atoms with Crippen LogP contribution in [0.5, 0.6) is 0 Å². The number of ether oxygens (including phenoxy) is 4. The van der Waals surface area contributed by atoms with E-state index in [4.69, 9.17) is 68.0 Å². The standard InChI is InChI=1S/C32H32N10O3.C31H36N6O5.C26H28N6O3.C6H5ClN4/c1-5-24(38-27-23(15-33)19(3)37-31(34)40-27)28-39-25-14-10-11-20(26(25)29(43)42(28)22-12-8-7-9-13-22)18-41(4)32-35-16-21(17-36-32)30(44)45-6-2;1-7-23(35-30(40)42-31(3,4)5)26-34-24-16-12-13-20(25(24)27(38)37(26)22-14-10-9-11-15-22)19-36(6)29-32-17-21(18-33-29)28(39)41-8-2;1-4-20(27)23-30-21-13-9-10-17(22(21)24(33)32(23)19-11-7-6-8-12-19)16-31(3)26-28-14-18(15-29-26)25(34)35-5-2;1-3-4(2-8)5(7)11-6(9)10-3/h7-14,16-17,24H,5-6,18H2,1-4H3,(H3,34,37,38,40);9-18,23H,7-8,19H2,1-6H3,(H,35,40);6-15,20H,4-5,16,27H2,1-3H3;1H3,(H2,9,10,11)/t24-;23-;20-;/m000./s1.